The highest BCUT2D eigenvalue weighted by molar-refractivity contribution is 5.83. The summed E-state index contributed by atoms with van der Waals surface area (Å²) in [6.45, 7) is 4.51. The van der Waals surface area contributed by atoms with Crippen LogP contribution in [0.25, 0.3) is 0 Å². The smallest absolute Gasteiger partial charge is 0.305 e. The van der Waals surface area contributed by atoms with E-state index in [-0.39, 0.29) is 23.4 Å². The van der Waals surface area contributed by atoms with E-state index in [1.807, 2.05) is 13.0 Å². The third-order valence-corrected chi connectivity index (χ3v) is 7.40. The molecular weight excluding hydrogens is 376 g/mol. The molecule has 2 fully saturated rings. The van der Waals surface area contributed by atoms with Crippen molar-refractivity contribution in [1.82, 2.24) is 0 Å². The third-order valence-electron chi connectivity index (χ3n) is 7.40. The molecule has 3 atom stereocenters. The Morgan fingerprint density at radius 1 is 1.17 bits per heavy atom. The van der Waals surface area contributed by atoms with E-state index in [1.54, 1.807) is 0 Å². The van der Waals surface area contributed by atoms with Crippen LogP contribution in [0.5, 0.6) is 0 Å². The number of aliphatic hydroxyl groups excluding tert-OH is 1. The van der Waals surface area contributed by atoms with Crippen LogP contribution in [0.2, 0.25) is 0 Å². The number of Topliss-reactive ketones (excluding diaryl/α,β-unsaturated/α-hetero) is 1. The molecule has 0 amide bonds. The summed E-state index contributed by atoms with van der Waals surface area (Å²) in [5.74, 6) is 0.760. The van der Waals surface area contributed by atoms with Crippen molar-refractivity contribution in [2.45, 2.75) is 116 Å². The van der Waals surface area contributed by atoms with Crippen molar-refractivity contribution in [3.8, 4) is 0 Å². The maximum absolute atomic E-state index is 12.4. The lowest BCUT2D eigenvalue weighted by molar-refractivity contribution is -0.143. The number of ether oxygens (including phenoxy) is 1. The summed E-state index contributed by atoms with van der Waals surface area (Å²) in [5.41, 5.74) is 0.105. The van der Waals surface area contributed by atoms with Gasteiger partial charge in [-0.25, -0.2) is 0 Å². The predicted octanol–water partition coefficient (Wildman–Crippen LogP) is 6.15. The van der Waals surface area contributed by atoms with Crippen LogP contribution in [0, 0.1) is 17.3 Å². The van der Waals surface area contributed by atoms with Crippen molar-refractivity contribution in [2.24, 2.45) is 17.3 Å². The Balaban J connectivity index is 1.69. The molecule has 0 aliphatic heterocycles. The summed E-state index contributed by atoms with van der Waals surface area (Å²) < 4.78 is 4.95. The molecule has 2 aliphatic carbocycles. The fourth-order valence-corrected chi connectivity index (χ4v) is 5.24. The Bertz CT molecular complexity index is 549. The summed E-state index contributed by atoms with van der Waals surface area (Å²) in [6.07, 6.45) is 19.2. The van der Waals surface area contributed by atoms with Crippen molar-refractivity contribution in [2.75, 3.05) is 6.61 Å². The summed E-state index contributed by atoms with van der Waals surface area (Å²) in [7, 11) is 0. The first kappa shape index (κ1) is 25.1. The number of ketones is 1. The van der Waals surface area contributed by atoms with E-state index in [2.05, 4.69) is 13.0 Å². The summed E-state index contributed by atoms with van der Waals surface area (Å²) in [5, 5.41) is 10.8. The highest BCUT2D eigenvalue weighted by Crippen LogP contribution is 2.48. The van der Waals surface area contributed by atoms with E-state index in [1.165, 1.54) is 19.3 Å². The van der Waals surface area contributed by atoms with Gasteiger partial charge in [-0.05, 0) is 56.8 Å². The van der Waals surface area contributed by atoms with Crippen LogP contribution in [0.4, 0.5) is 0 Å². The average Bonchev–Trinajstić information content (AvgIpc) is 3.04. The fraction of sp³-hybridized carbons (Fsp3) is 0.846. The van der Waals surface area contributed by atoms with Crippen LogP contribution in [-0.4, -0.2) is 29.6 Å². The first-order valence-corrected chi connectivity index (χ1v) is 12.6. The summed E-state index contributed by atoms with van der Waals surface area (Å²) >= 11 is 0. The summed E-state index contributed by atoms with van der Waals surface area (Å²) in [6, 6.07) is 0. The number of rotatable bonds is 15. The van der Waals surface area contributed by atoms with Gasteiger partial charge < -0.3 is 9.84 Å². The molecule has 1 N–H and O–H groups in total. The van der Waals surface area contributed by atoms with E-state index in [0.29, 0.717) is 31.1 Å². The van der Waals surface area contributed by atoms with Crippen LogP contribution in [0.1, 0.15) is 110 Å². The molecule has 0 radical (unpaired) electrons. The van der Waals surface area contributed by atoms with Gasteiger partial charge in [-0.2, -0.15) is 0 Å². The zero-order valence-electron chi connectivity index (χ0n) is 19.4. The van der Waals surface area contributed by atoms with E-state index in [0.717, 1.165) is 64.2 Å². The minimum Gasteiger partial charge on any atom is -0.466 e. The second-order valence-electron chi connectivity index (χ2n) is 9.54. The number of hydrogen-bond donors (Lipinski definition) is 1. The van der Waals surface area contributed by atoms with Crippen molar-refractivity contribution >= 4 is 11.8 Å². The molecule has 0 bridgehead atoms. The molecule has 0 aromatic carbocycles. The molecule has 2 rings (SSSR count). The van der Waals surface area contributed by atoms with Gasteiger partial charge in [-0.1, -0.05) is 64.0 Å². The van der Waals surface area contributed by atoms with Gasteiger partial charge in [0.25, 0.3) is 0 Å². The van der Waals surface area contributed by atoms with E-state index in [4.69, 9.17) is 4.74 Å². The van der Waals surface area contributed by atoms with Gasteiger partial charge in [-0.15, -0.1) is 0 Å². The maximum atomic E-state index is 12.4. The number of unbranched alkanes of at least 4 members (excludes halogenated alkanes) is 5. The monoisotopic (exact) mass is 420 g/mol. The van der Waals surface area contributed by atoms with Crippen molar-refractivity contribution < 1.29 is 19.4 Å². The molecule has 172 valence electrons. The highest BCUT2D eigenvalue weighted by Gasteiger charge is 2.42. The second-order valence-corrected chi connectivity index (χ2v) is 9.54. The quantitative estimate of drug-likeness (QED) is 0.196. The first-order valence-electron chi connectivity index (χ1n) is 12.6. The molecule has 30 heavy (non-hydrogen) atoms. The minimum atomic E-state index is -0.353. The van der Waals surface area contributed by atoms with Crippen LogP contribution >= 0.6 is 0 Å². The topological polar surface area (TPSA) is 63.6 Å². The van der Waals surface area contributed by atoms with Crippen molar-refractivity contribution in [3.05, 3.63) is 12.2 Å². The Morgan fingerprint density at radius 3 is 2.57 bits per heavy atom. The lowest BCUT2D eigenvalue weighted by Crippen LogP contribution is -2.40. The lowest BCUT2D eigenvalue weighted by Gasteiger charge is -2.45. The zero-order valence-corrected chi connectivity index (χ0v) is 19.4. The van der Waals surface area contributed by atoms with Crippen molar-refractivity contribution in [3.63, 3.8) is 0 Å². The average molecular weight is 421 g/mol. The number of aliphatic hydroxyl groups is 1. The Labute approximate surface area is 183 Å². The lowest BCUT2D eigenvalue weighted by atomic mass is 9.62. The Morgan fingerprint density at radius 2 is 1.90 bits per heavy atom. The number of carbonyl (C=O) groups excluding carboxylic acids is 2. The SMILES string of the molecule is CCCCC1([C@@H](O)/C=C/C2CCC(=O)[C@@H]2CCCCCCCC(=O)OCC)CCC1. The van der Waals surface area contributed by atoms with Crippen LogP contribution in [0.3, 0.4) is 0 Å². The van der Waals surface area contributed by atoms with Gasteiger partial charge >= 0.3 is 5.97 Å². The Hall–Kier alpha value is -1.16. The van der Waals surface area contributed by atoms with E-state index in [9.17, 15) is 14.7 Å². The van der Waals surface area contributed by atoms with Gasteiger partial charge in [0.05, 0.1) is 12.7 Å². The van der Waals surface area contributed by atoms with Gasteiger partial charge in [0.1, 0.15) is 5.78 Å². The van der Waals surface area contributed by atoms with Gasteiger partial charge in [0.2, 0.25) is 0 Å². The number of hydrogen-bond acceptors (Lipinski definition) is 4. The molecule has 0 heterocycles. The third kappa shape index (κ3) is 7.51. The zero-order chi connectivity index (χ0) is 21.8. The fourth-order valence-electron chi connectivity index (χ4n) is 5.24. The minimum absolute atomic E-state index is 0.0933. The maximum Gasteiger partial charge on any atom is 0.305 e. The number of esters is 1. The van der Waals surface area contributed by atoms with Crippen LogP contribution < -0.4 is 0 Å². The van der Waals surface area contributed by atoms with Crippen LogP contribution in [-0.2, 0) is 14.3 Å². The van der Waals surface area contributed by atoms with Gasteiger partial charge in [0.15, 0.2) is 0 Å². The normalized spacial score (nSPS) is 24.2. The van der Waals surface area contributed by atoms with Crippen LogP contribution in [0.15, 0.2) is 12.2 Å². The molecule has 0 aromatic rings. The van der Waals surface area contributed by atoms with Crippen molar-refractivity contribution in [1.29, 1.82) is 0 Å². The standard InChI is InChI=1S/C26H44O4/c1-3-5-18-26(19-11-20-26)24(28)17-15-21-14-16-23(27)22(21)12-9-7-6-8-10-13-25(29)30-4-2/h15,17,21-22,24,28H,3-14,16,18-20H2,1-2H3/b17-15+/t21?,22-,24+/m1/s1. The molecule has 1 unspecified atom stereocenters. The Kier molecular flexibility index (Phi) is 11.1. The van der Waals surface area contributed by atoms with Gasteiger partial charge in [0, 0.05) is 18.8 Å². The predicted molar refractivity (Wildman–Crippen MR) is 121 cm³/mol. The number of allylic oxidation sites excluding steroid dienone is 1. The van der Waals surface area contributed by atoms with Gasteiger partial charge in [-0.3, -0.25) is 9.59 Å². The molecule has 2 aliphatic rings. The molecule has 0 saturated heterocycles. The first-order chi connectivity index (χ1) is 14.5. The molecule has 4 nitrogen and oxygen atoms in total. The molecule has 2 saturated carbocycles. The summed E-state index contributed by atoms with van der Waals surface area (Å²) in [4.78, 5) is 23.7. The van der Waals surface area contributed by atoms with E-state index >= 15 is 0 Å². The molecule has 4 heteroatoms. The molecule has 0 spiro atoms. The molecular formula is C26H44O4. The molecule has 0 aromatic heterocycles. The number of carbonyl (C=O) groups is 2. The largest absolute Gasteiger partial charge is 0.466 e. The van der Waals surface area contributed by atoms with E-state index < -0.39 is 0 Å². The highest BCUT2D eigenvalue weighted by atomic mass is 16.5. The second kappa shape index (κ2) is 13.3.